The molecule has 0 aliphatic heterocycles. The van der Waals surface area contributed by atoms with Gasteiger partial charge in [0.25, 0.3) is 0 Å². The molecule has 1 N–H and O–H groups in total. The number of nitrogens with zero attached hydrogens (tertiary/aromatic N) is 3. The molecule has 5 heteroatoms. The van der Waals surface area contributed by atoms with Gasteiger partial charge in [-0.3, -0.25) is 0 Å². The summed E-state index contributed by atoms with van der Waals surface area (Å²) in [4.78, 5) is 15.0. The summed E-state index contributed by atoms with van der Waals surface area (Å²) in [6.07, 6.45) is 1.73. The molecule has 2 aromatic heterocycles. The van der Waals surface area contributed by atoms with E-state index in [1.807, 2.05) is 13.8 Å². The highest BCUT2D eigenvalue weighted by Crippen LogP contribution is 2.11. The first-order valence-corrected chi connectivity index (χ1v) is 5.21. The van der Waals surface area contributed by atoms with Gasteiger partial charge in [0.05, 0.1) is 5.69 Å². The third-order valence-electron chi connectivity index (χ3n) is 2.35. The monoisotopic (exact) mass is 219 g/mol. The molecule has 0 saturated carbocycles. The van der Waals surface area contributed by atoms with Crippen LogP contribution in [-0.4, -0.2) is 25.7 Å². The van der Waals surface area contributed by atoms with Gasteiger partial charge in [-0.15, -0.1) is 0 Å². The number of carbonyl (C=O) groups is 1. The molecule has 0 aliphatic rings. The van der Waals surface area contributed by atoms with Crippen molar-refractivity contribution in [2.75, 3.05) is 0 Å². The van der Waals surface area contributed by atoms with E-state index in [9.17, 15) is 4.79 Å². The molecule has 2 aromatic rings. The van der Waals surface area contributed by atoms with Crippen molar-refractivity contribution in [3.8, 4) is 0 Å². The number of rotatable bonds is 3. The van der Waals surface area contributed by atoms with Crippen molar-refractivity contribution in [3.63, 3.8) is 0 Å². The third kappa shape index (κ3) is 1.76. The highest BCUT2D eigenvalue weighted by atomic mass is 16.4. The van der Waals surface area contributed by atoms with Gasteiger partial charge in [-0.05, 0) is 19.4 Å². The van der Waals surface area contributed by atoms with Crippen LogP contribution in [0.4, 0.5) is 0 Å². The number of hydrogen-bond acceptors (Lipinski definition) is 3. The Balaban J connectivity index is 2.67. The molecular weight excluding hydrogens is 206 g/mol. The fraction of sp³-hybridized carbons (Fsp3) is 0.364. The van der Waals surface area contributed by atoms with Gasteiger partial charge in [0.1, 0.15) is 0 Å². The highest BCUT2D eigenvalue weighted by Gasteiger charge is 2.11. The molecule has 0 aliphatic carbocycles. The summed E-state index contributed by atoms with van der Waals surface area (Å²) in [5.74, 6) is -1.00. The quantitative estimate of drug-likeness (QED) is 0.852. The van der Waals surface area contributed by atoms with Crippen LogP contribution in [0.15, 0.2) is 12.1 Å². The minimum atomic E-state index is -1.00. The minimum absolute atomic E-state index is 0.0795. The summed E-state index contributed by atoms with van der Waals surface area (Å²) in [6, 6.07) is 3.37. The van der Waals surface area contributed by atoms with Gasteiger partial charge < -0.3 is 5.11 Å². The van der Waals surface area contributed by atoms with E-state index in [2.05, 4.69) is 10.1 Å². The maximum atomic E-state index is 10.9. The van der Waals surface area contributed by atoms with Crippen molar-refractivity contribution in [1.29, 1.82) is 0 Å². The molecule has 0 radical (unpaired) electrons. The Bertz CT molecular complexity index is 545. The van der Waals surface area contributed by atoms with Gasteiger partial charge in [-0.25, -0.2) is 14.3 Å². The van der Waals surface area contributed by atoms with E-state index in [1.54, 1.807) is 16.6 Å². The highest BCUT2D eigenvalue weighted by molar-refractivity contribution is 5.86. The molecule has 84 valence electrons. The number of hydrogen-bond donors (Lipinski definition) is 1. The van der Waals surface area contributed by atoms with Crippen LogP contribution < -0.4 is 0 Å². The van der Waals surface area contributed by atoms with Crippen molar-refractivity contribution in [2.24, 2.45) is 0 Å². The van der Waals surface area contributed by atoms with Gasteiger partial charge in [-0.2, -0.15) is 5.10 Å². The van der Waals surface area contributed by atoms with Crippen LogP contribution in [0.2, 0.25) is 0 Å². The maximum absolute atomic E-state index is 10.9. The van der Waals surface area contributed by atoms with E-state index in [0.29, 0.717) is 5.65 Å². The number of fused-ring (bicyclic) bond motifs is 1. The van der Waals surface area contributed by atoms with Gasteiger partial charge in [0.15, 0.2) is 11.3 Å². The van der Waals surface area contributed by atoms with Crippen LogP contribution in [0.1, 0.15) is 35.2 Å². The molecule has 2 heterocycles. The smallest absolute Gasteiger partial charge is 0.354 e. The summed E-state index contributed by atoms with van der Waals surface area (Å²) in [7, 11) is 0. The lowest BCUT2D eigenvalue weighted by Gasteiger charge is -2.04. The normalized spacial score (nSPS) is 10.9. The van der Waals surface area contributed by atoms with Crippen LogP contribution in [-0.2, 0) is 6.42 Å². The number of carboxylic acid groups (broad SMARTS) is 1. The van der Waals surface area contributed by atoms with E-state index in [0.717, 1.165) is 24.2 Å². The molecule has 0 amide bonds. The van der Waals surface area contributed by atoms with E-state index in [4.69, 9.17) is 5.11 Å². The van der Waals surface area contributed by atoms with Gasteiger partial charge in [0.2, 0.25) is 0 Å². The molecule has 2 rings (SSSR count). The Kier molecular flexibility index (Phi) is 2.60. The van der Waals surface area contributed by atoms with Crippen LogP contribution in [0.25, 0.3) is 5.65 Å². The Hall–Kier alpha value is -1.91. The van der Waals surface area contributed by atoms with E-state index < -0.39 is 5.97 Å². The fourth-order valence-electron chi connectivity index (χ4n) is 1.70. The van der Waals surface area contributed by atoms with Crippen LogP contribution in [0.3, 0.4) is 0 Å². The SMILES string of the molecule is CCCc1cc(C(=O)O)nc2cc(C)nn12. The second kappa shape index (κ2) is 3.92. The number of aromatic nitrogens is 3. The van der Waals surface area contributed by atoms with Gasteiger partial charge >= 0.3 is 5.97 Å². The molecule has 0 aromatic carbocycles. The average Bonchev–Trinajstić information content (AvgIpc) is 2.58. The summed E-state index contributed by atoms with van der Waals surface area (Å²) in [5, 5.41) is 13.2. The molecular formula is C11H13N3O2. The maximum Gasteiger partial charge on any atom is 0.354 e. The number of carboxylic acids is 1. The first-order chi connectivity index (χ1) is 7.61. The average molecular weight is 219 g/mol. The van der Waals surface area contributed by atoms with Crippen molar-refractivity contribution >= 4 is 11.6 Å². The summed E-state index contributed by atoms with van der Waals surface area (Å²) in [5.41, 5.74) is 2.40. The number of aryl methyl sites for hydroxylation is 2. The lowest BCUT2D eigenvalue weighted by Crippen LogP contribution is -2.07. The zero-order valence-electron chi connectivity index (χ0n) is 9.27. The first-order valence-electron chi connectivity index (χ1n) is 5.21. The molecule has 5 nitrogen and oxygen atoms in total. The lowest BCUT2D eigenvalue weighted by atomic mass is 10.2. The molecule has 0 fully saturated rings. The zero-order chi connectivity index (χ0) is 11.7. The Morgan fingerprint density at radius 3 is 2.88 bits per heavy atom. The third-order valence-corrected chi connectivity index (χ3v) is 2.35. The van der Waals surface area contributed by atoms with Crippen LogP contribution >= 0.6 is 0 Å². The van der Waals surface area contributed by atoms with Crippen molar-refractivity contribution in [2.45, 2.75) is 26.7 Å². The zero-order valence-corrected chi connectivity index (χ0v) is 9.27. The first kappa shape index (κ1) is 10.6. The molecule has 0 atom stereocenters. The predicted molar refractivity (Wildman–Crippen MR) is 58.7 cm³/mol. The second-order valence-electron chi connectivity index (χ2n) is 3.74. The van der Waals surface area contributed by atoms with Gasteiger partial charge in [0, 0.05) is 11.8 Å². The summed E-state index contributed by atoms with van der Waals surface area (Å²) in [6.45, 7) is 3.91. The van der Waals surface area contributed by atoms with Gasteiger partial charge in [-0.1, -0.05) is 13.3 Å². The largest absolute Gasteiger partial charge is 0.477 e. The summed E-state index contributed by atoms with van der Waals surface area (Å²) < 4.78 is 1.71. The van der Waals surface area contributed by atoms with Crippen LogP contribution in [0, 0.1) is 6.92 Å². The standard InChI is InChI=1S/C11H13N3O2/c1-3-4-8-6-9(11(15)16)12-10-5-7(2)13-14(8)10/h5-6H,3-4H2,1-2H3,(H,15,16). The predicted octanol–water partition coefficient (Wildman–Crippen LogP) is 1.69. The molecule has 0 saturated heterocycles. The minimum Gasteiger partial charge on any atom is -0.477 e. The molecule has 0 bridgehead atoms. The van der Waals surface area contributed by atoms with Crippen molar-refractivity contribution in [1.82, 2.24) is 14.6 Å². The lowest BCUT2D eigenvalue weighted by molar-refractivity contribution is 0.0690. The van der Waals surface area contributed by atoms with Crippen molar-refractivity contribution in [3.05, 3.63) is 29.2 Å². The van der Waals surface area contributed by atoms with E-state index >= 15 is 0 Å². The van der Waals surface area contributed by atoms with E-state index in [1.165, 1.54) is 0 Å². The van der Waals surface area contributed by atoms with E-state index in [-0.39, 0.29) is 5.69 Å². The topological polar surface area (TPSA) is 67.5 Å². The van der Waals surface area contributed by atoms with Crippen LogP contribution in [0.5, 0.6) is 0 Å². The molecule has 0 spiro atoms. The fourth-order valence-corrected chi connectivity index (χ4v) is 1.70. The molecule has 0 unspecified atom stereocenters. The Labute approximate surface area is 92.7 Å². The summed E-state index contributed by atoms with van der Waals surface area (Å²) >= 11 is 0. The van der Waals surface area contributed by atoms with Crippen molar-refractivity contribution < 1.29 is 9.90 Å². The second-order valence-corrected chi connectivity index (χ2v) is 3.74. The number of aromatic carboxylic acids is 1. The Morgan fingerprint density at radius 1 is 1.50 bits per heavy atom. The Morgan fingerprint density at radius 2 is 2.25 bits per heavy atom. The molecule has 16 heavy (non-hydrogen) atoms.